The number of aryl methyl sites for hydroxylation is 1. The van der Waals surface area contributed by atoms with Gasteiger partial charge in [-0.15, -0.1) is 33.8 Å². The largest absolute Gasteiger partial charge is 0.506 e. The number of thiazole rings is 2. The molecule has 10 heteroatoms. The van der Waals surface area contributed by atoms with E-state index < -0.39 is 11.1 Å². The van der Waals surface area contributed by atoms with Crippen molar-refractivity contribution in [2.45, 2.75) is 55.8 Å². The molecule has 2 saturated heterocycles. The van der Waals surface area contributed by atoms with Crippen LogP contribution in [0.25, 0.3) is 10.4 Å². The summed E-state index contributed by atoms with van der Waals surface area (Å²) in [5, 5.41) is 18.5. The monoisotopic (exact) mass is 472 g/mol. The fraction of sp³-hybridized carbons (Fsp3) is 0.429. The lowest BCUT2D eigenvalue weighted by Crippen LogP contribution is -2.46. The van der Waals surface area contributed by atoms with Crippen LogP contribution >= 0.6 is 33.8 Å². The van der Waals surface area contributed by atoms with Crippen molar-refractivity contribution in [3.05, 3.63) is 34.7 Å². The minimum Gasteiger partial charge on any atom is -0.506 e. The van der Waals surface area contributed by atoms with Crippen LogP contribution in [0.3, 0.4) is 0 Å². The molecule has 0 radical (unpaired) electrons. The summed E-state index contributed by atoms with van der Waals surface area (Å²) in [7, 11) is 2.20. The number of aliphatic imine (C=N–C) groups is 1. The first-order valence-electron chi connectivity index (χ1n) is 10.5. The first-order chi connectivity index (χ1) is 15.1. The van der Waals surface area contributed by atoms with E-state index in [1.165, 1.54) is 12.8 Å². The Morgan fingerprint density at radius 2 is 1.97 bits per heavy atom. The van der Waals surface area contributed by atoms with Crippen LogP contribution in [0.2, 0.25) is 0 Å². The van der Waals surface area contributed by atoms with Crippen molar-refractivity contribution in [2.24, 2.45) is 4.99 Å². The summed E-state index contributed by atoms with van der Waals surface area (Å²) in [6.07, 6.45) is 8.51. The van der Waals surface area contributed by atoms with E-state index in [1.807, 2.05) is 24.8 Å². The molecule has 0 aromatic carbocycles. The standard InChI is InChI=1S/C21H24N6OS3/c1-11-22-9-17(30-11)12-5-16(28)18(23-8-12)20-26-19-21(24-10-29-19)31(20)27(2)15-6-13-3-4-14(7-15)25-13/h5,8-10,13-15,25,28,31H,3-4,6-7H2,1-2H3/t13-,14+,15-. The second kappa shape index (κ2) is 7.63. The molecule has 2 N–H and O–H groups in total. The molecule has 162 valence electrons. The number of aromatic nitrogens is 3. The number of hydrogen-bond acceptors (Lipinski definition) is 9. The molecule has 0 spiro atoms. The molecule has 3 aliphatic heterocycles. The highest BCUT2D eigenvalue weighted by Gasteiger charge is 2.40. The Hall–Kier alpha value is -1.85. The topological polar surface area (TPSA) is 86.5 Å². The summed E-state index contributed by atoms with van der Waals surface area (Å²) in [6, 6.07) is 3.51. The summed E-state index contributed by atoms with van der Waals surface area (Å²) in [5.74, 6) is 0.170. The Kier molecular flexibility index (Phi) is 4.87. The van der Waals surface area contributed by atoms with E-state index in [4.69, 9.17) is 4.99 Å². The molecule has 1 unspecified atom stereocenters. The third kappa shape index (κ3) is 3.41. The quantitative estimate of drug-likeness (QED) is 0.492. The Labute approximate surface area is 191 Å². The molecule has 0 saturated carbocycles. The number of rotatable bonds is 4. The number of fused-ring (bicyclic) bond motifs is 3. The van der Waals surface area contributed by atoms with Gasteiger partial charge in [0.1, 0.15) is 21.5 Å². The summed E-state index contributed by atoms with van der Waals surface area (Å²) >= 11 is 2.25. The molecule has 7 nitrogen and oxygen atoms in total. The number of piperidine rings is 1. The maximum atomic E-state index is 10.9. The Morgan fingerprint density at radius 3 is 2.68 bits per heavy atom. The van der Waals surface area contributed by atoms with Gasteiger partial charge in [0.2, 0.25) is 0 Å². The third-order valence-corrected chi connectivity index (χ3v) is 10.6. The zero-order valence-corrected chi connectivity index (χ0v) is 19.8. The SMILES string of the molecule is Cc1ncc(-c2cnc(C3=Nc4scnc4[SH]3N(C)[C@@H]3C[C@H]4CC[C@@H](C3)N4)c(O)c2)s1. The van der Waals surface area contributed by atoms with Crippen LogP contribution in [-0.2, 0) is 0 Å². The van der Waals surface area contributed by atoms with Crippen molar-refractivity contribution in [2.75, 3.05) is 7.05 Å². The average molecular weight is 473 g/mol. The highest BCUT2D eigenvalue weighted by Crippen LogP contribution is 2.56. The number of nitrogens with one attached hydrogen (secondary N) is 1. The molecule has 3 aromatic rings. The molecule has 2 bridgehead atoms. The van der Waals surface area contributed by atoms with Crippen molar-refractivity contribution < 1.29 is 5.11 Å². The molecule has 2 fully saturated rings. The van der Waals surface area contributed by atoms with Gasteiger partial charge >= 0.3 is 0 Å². The van der Waals surface area contributed by atoms with Gasteiger partial charge in [0.05, 0.1) is 15.4 Å². The van der Waals surface area contributed by atoms with E-state index in [9.17, 15) is 5.11 Å². The van der Waals surface area contributed by atoms with Gasteiger partial charge in [0.15, 0.2) is 5.00 Å². The van der Waals surface area contributed by atoms with E-state index in [-0.39, 0.29) is 5.75 Å². The van der Waals surface area contributed by atoms with E-state index in [2.05, 4.69) is 31.6 Å². The molecule has 6 heterocycles. The highest BCUT2D eigenvalue weighted by atomic mass is 32.2. The summed E-state index contributed by atoms with van der Waals surface area (Å²) in [6.45, 7) is 1.98. The number of pyridine rings is 1. The molecular weight excluding hydrogens is 448 g/mol. The fourth-order valence-corrected chi connectivity index (χ4v) is 9.06. The zero-order valence-electron chi connectivity index (χ0n) is 17.3. The van der Waals surface area contributed by atoms with Crippen LogP contribution in [0.4, 0.5) is 5.00 Å². The molecule has 6 rings (SSSR count). The zero-order chi connectivity index (χ0) is 21.1. The van der Waals surface area contributed by atoms with Crippen LogP contribution in [0.15, 0.2) is 34.0 Å². The Balaban J connectivity index is 1.35. The van der Waals surface area contributed by atoms with Crippen LogP contribution in [0.1, 0.15) is 36.4 Å². The van der Waals surface area contributed by atoms with Crippen LogP contribution < -0.4 is 5.32 Å². The van der Waals surface area contributed by atoms with Crippen LogP contribution in [0.5, 0.6) is 5.75 Å². The summed E-state index contributed by atoms with van der Waals surface area (Å²) < 4.78 is 2.48. The van der Waals surface area contributed by atoms with Crippen molar-refractivity contribution >= 4 is 43.8 Å². The maximum Gasteiger partial charge on any atom is 0.151 e. The lowest BCUT2D eigenvalue weighted by Gasteiger charge is -2.40. The molecule has 31 heavy (non-hydrogen) atoms. The van der Waals surface area contributed by atoms with Crippen molar-refractivity contribution in [1.82, 2.24) is 24.6 Å². The number of nitrogens with zero attached hydrogens (tertiary/aromatic N) is 5. The summed E-state index contributed by atoms with van der Waals surface area (Å²) in [4.78, 5) is 19.6. The predicted octanol–water partition coefficient (Wildman–Crippen LogP) is 4.26. The van der Waals surface area contributed by atoms with Crippen LogP contribution in [0, 0.1) is 6.92 Å². The first-order valence-corrected chi connectivity index (χ1v) is 13.5. The van der Waals surface area contributed by atoms with Gasteiger partial charge in [0.25, 0.3) is 0 Å². The average Bonchev–Trinajstić information content (AvgIpc) is 3.52. The Morgan fingerprint density at radius 1 is 1.16 bits per heavy atom. The number of aromatic hydroxyl groups is 1. The summed E-state index contributed by atoms with van der Waals surface area (Å²) in [5.41, 5.74) is 3.33. The second-order valence-corrected chi connectivity index (χ2v) is 12.6. The molecule has 0 amide bonds. The van der Waals surface area contributed by atoms with Crippen molar-refractivity contribution in [3.63, 3.8) is 0 Å². The second-order valence-electron chi connectivity index (χ2n) is 8.40. The van der Waals surface area contributed by atoms with Crippen molar-refractivity contribution in [1.29, 1.82) is 0 Å². The van der Waals surface area contributed by atoms with Gasteiger partial charge in [0, 0.05) is 36.1 Å². The highest BCUT2D eigenvalue weighted by molar-refractivity contribution is 8.29. The normalized spacial score (nSPS) is 28.2. The van der Waals surface area contributed by atoms with Crippen LogP contribution in [-0.4, -0.2) is 54.6 Å². The minimum atomic E-state index is -0.911. The van der Waals surface area contributed by atoms with Gasteiger partial charge in [-0.25, -0.2) is 19.9 Å². The van der Waals surface area contributed by atoms with Gasteiger partial charge < -0.3 is 10.4 Å². The smallest absolute Gasteiger partial charge is 0.151 e. The Bertz CT molecular complexity index is 1160. The van der Waals surface area contributed by atoms with Crippen molar-refractivity contribution in [3.8, 4) is 16.2 Å². The fourth-order valence-electron chi connectivity index (χ4n) is 4.90. The number of hydrogen-bond donors (Lipinski definition) is 3. The maximum absolute atomic E-state index is 10.9. The van der Waals surface area contributed by atoms with E-state index in [0.717, 1.165) is 43.4 Å². The van der Waals surface area contributed by atoms with Gasteiger partial charge in [-0.05, 0) is 45.7 Å². The lowest BCUT2D eigenvalue weighted by atomic mass is 10.0. The van der Waals surface area contributed by atoms with E-state index in [0.29, 0.717) is 23.8 Å². The molecule has 0 aliphatic carbocycles. The molecule has 3 aliphatic rings. The lowest BCUT2D eigenvalue weighted by molar-refractivity contribution is 0.264. The molecule has 3 aromatic heterocycles. The molecule has 4 atom stereocenters. The number of thiol groups is 1. The van der Waals surface area contributed by atoms with Gasteiger partial charge in [-0.3, -0.25) is 4.31 Å². The van der Waals surface area contributed by atoms with Gasteiger partial charge in [-0.1, -0.05) is 0 Å². The first kappa shape index (κ1) is 19.8. The minimum absolute atomic E-state index is 0.170. The third-order valence-electron chi connectivity index (χ3n) is 6.42. The van der Waals surface area contributed by atoms with E-state index >= 15 is 0 Å². The predicted molar refractivity (Wildman–Crippen MR) is 128 cm³/mol. The van der Waals surface area contributed by atoms with Gasteiger partial charge in [-0.2, -0.15) is 0 Å². The molecular formula is C21H24N6OS3. The van der Waals surface area contributed by atoms with E-state index in [1.54, 1.807) is 28.7 Å².